The molecule has 0 saturated heterocycles. The predicted octanol–water partition coefficient (Wildman–Crippen LogP) is 1.27. The summed E-state index contributed by atoms with van der Waals surface area (Å²) in [7, 11) is 0. The monoisotopic (exact) mass is 697 g/mol. The van der Waals surface area contributed by atoms with Gasteiger partial charge in [0.1, 0.15) is 29.8 Å². The second kappa shape index (κ2) is 19.5. The Bertz CT molecular complexity index is 1150. The van der Waals surface area contributed by atoms with Crippen LogP contribution >= 0.6 is 0 Å². The first-order chi connectivity index (χ1) is 21.9. The third kappa shape index (κ3) is 17.0. The summed E-state index contributed by atoms with van der Waals surface area (Å²) < 4.78 is 47.5. The summed E-state index contributed by atoms with van der Waals surface area (Å²) in [5.74, 6) is -8.27. The third-order valence-electron chi connectivity index (χ3n) is 6.68. The van der Waals surface area contributed by atoms with Crippen LogP contribution in [0.25, 0.3) is 0 Å². The fourth-order valence-electron chi connectivity index (χ4n) is 4.11. The Morgan fingerprint density at radius 3 is 1.85 bits per heavy atom. The Morgan fingerprint density at radius 2 is 1.40 bits per heavy atom. The summed E-state index contributed by atoms with van der Waals surface area (Å²) in [5, 5.41) is 29.0. The first-order valence-corrected chi connectivity index (χ1v) is 15.4. The minimum atomic E-state index is -5.41. The summed E-state index contributed by atoms with van der Waals surface area (Å²) in [6.07, 6.45) is -7.66. The number of alkyl carbamates (subject to hydrolysis) is 1. The molecule has 0 rings (SSSR count). The van der Waals surface area contributed by atoms with Gasteiger partial charge in [0.25, 0.3) is 0 Å². The molecule has 0 aliphatic heterocycles. The number of guanidine groups is 1. The first-order valence-electron chi connectivity index (χ1n) is 15.4. The highest BCUT2D eigenvalue weighted by Crippen LogP contribution is 2.19. The fraction of sp³-hybridized carbons (Fsp3) is 0.759. The summed E-state index contributed by atoms with van der Waals surface area (Å²) >= 11 is 0. The Morgan fingerprint density at radius 1 is 0.854 bits per heavy atom. The van der Waals surface area contributed by atoms with E-state index in [1.165, 1.54) is 0 Å². The Hall–Kier alpha value is -4.32. The van der Waals surface area contributed by atoms with Crippen molar-refractivity contribution in [2.24, 2.45) is 17.6 Å². The smallest absolute Gasteiger partial charge is 0.480 e. The van der Waals surface area contributed by atoms with Gasteiger partial charge < -0.3 is 46.9 Å². The lowest BCUT2D eigenvalue weighted by Crippen LogP contribution is -2.60. The molecule has 0 aliphatic carbocycles. The normalized spacial score (nSPS) is 15.4. The fourth-order valence-corrected chi connectivity index (χ4v) is 4.11. The molecule has 0 aromatic heterocycles. The molecular weight excluding hydrogens is 647 g/mol. The molecule has 0 saturated carbocycles. The molecule has 9 N–H and O–H groups in total. The molecule has 0 heterocycles. The van der Waals surface area contributed by atoms with Crippen molar-refractivity contribution in [3.63, 3.8) is 0 Å². The van der Waals surface area contributed by atoms with Gasteiger partial charge in [-0.05, 0) is 58.8 Å². The molecule has 4 amide bonds. The lowest BCUT2D eigenvalue weighted by atomic mass is 9.96. The largest absolute Gasteiger partial charge is 0.490 e. The van der Waals surface area contributed by atoms with Crippen LogP contribution in [0.4, 0.5) is 18.0 Å². The first kappa shape index (κ1) is 43.7. The molecule has 19 heteroatoms. The molecular formula is C29H50F3N7O9. The molecule has 16 nitrogen and oxygen atoms in total. The highest BCUT2D eigenvalue weighted by molar-refractivity contribution is 5.95. The van der Waals surface area contributed by atoms with E-state index in [1.54, 1.807) is 48.5 Å². The molecule has 6 atom stereocenters. The number of aliphatic carboxylic acids is 1. The second-order valence-corrected chi connectivity index (χ2v) is 12.7. The van der Waals surface area contributed by atoms with E-state index in [-0.39, 0.29) is 44.1 Å². The van der Waals surface area contributed by atoms with Crippen LogP contribution in [0.1, 0.15) is 81.1 Å². The average molecular weight is 698 g/mol. The number of carbonyl (C=O) groups excluding carboxylic acids is 5. The molecule has 276 valence electrons. The van der Waals surface area contributed by atoms with Crippen molar-refractivity contribution in [1.82, 2.24) is 26.6 Å². The molecule has 0 fully saturated rings. The highest BCUT2D eigenvalue weighted by Gasteiger charge is 2.44. The van der Waals surface area contributed by atoms with Gasteiger partial charge in [0.15, 0.2) is 12.0 Å². The van der Waals surface area contributed by atoms with Crippen LogP contribution in [-0.4, -0.2) is 95.4 Å². The van der Waals surface area contributed by atoms with E-state index < -0.39 is 83.7 Å². The van der Waals surface area contributed by atoms with Crippen LogP contribution in [-0.2, 0) is 33.4 Å². The van der Waals surface area contributed by atoms with Gasteiger partial charge in [-0.25, -0.2) is 14.4 Å². The number of rotatable bonds is 18. The van der Waals surface area contributed by atoms with E-state index in [0.717, 1.165) is 6.92 Å². The zero-order valence-electron chi connectivity index (χ0n) is 28.5. The molecule has 0 spiro atoms. The van der Waals surface area contributed by atoms with Crippen molar-refractivity contribution in [3.05, 3.63) is 0 Å². The van der Waals surface area contributed by atoms with Gasteiger partial charge in [0.05, 0.1) is 0 Å². The maximum absolute atomic E-state index is 13.6. The van der Waals surface area contributed by atoms with Gasteiger partial charge in [0.2, 0.25) is 17.7 Å². The second-order valence-electron chi connectivity index (χ2n) is 12.7. The number of hydrogen-bond donors (Lipinski definition) is 8. The van der Waals surface area contributed by atoms with Crippen LogP contribution in [0.2, 0.25) is 0 Å². The summed E-state index contributed by atoms with van der Waals surface area (Å²) in [4.78, 5) is 75.8. The number of alkyl halides is 3. The lowest BCUT2D eigenvalue weighted by Gasteiger charge is -2.30. The third-order valence-corrected chi connectivity index (χ3v) is 6.68. The van der Waals surface area contributed by atoms with Crippen molar-refractivity contribution in [2.45, 2.75) is 123 Å². The van der Waals surface area contributed by atoms with E-state index in [4.69, 9.17) is 15.9 Å². The highest BCUT2D eigenvalue weighted by atomic mass is 19.4. The zero-order chi connectivity index (χ0) is 37.6. The number of carboxylic acids is 1. The summed E-state index contributed by atoms with van der Waals surface area (Å²) in [5.41, 5.74) is 4.44. The van der Waals surface area contributed by atoms with Gasteiger partial charge >= 0.3 is 24.2 Å². The average Bonchev–Trinajstić information content (AvgIpc) is 2.92. The number of amides is 4. The molecule has 0 aromatic rings. The van der Waals surface area contributed by atoms with Crippen molar-refractivity contribution in [2.75, 3.05) is 6.54 Å². The van der Waals surface area contributed by atoms with Gasteiger partial charge in [-0.15, -0.1) is 0 Å². The maximum Gasteiger partial charge on any atom is 0.490 e. The van der Waals surface area contributed by atoms with Crippen LogP contribution in [0.3, 0.4) is 0 Å². The maximum atomic E-state index is 13.6. The van der Waals surface area contributed by atoms with Crippen molar-refractivity contribution in [1.29, 1.82) is 5.41 Å². The number of nitrogens with two attached hydrogens (primary N) is 1. The predicted molar refractivity (Wildman–Crippen MR) is 166 cm³/mol. The molecule has 0 aromatic carbocycles. The Labute approximate surface area is 277 Å². The lowest BCUT2D eigenvalue weighted by molar-refractivity contribution is -0.205. The van der Waals surface area contributed by atoms with E-state index in [9.17, 15) is 47.0 Å². The number of esters is 1. The number of carboxylic acid groups (broad SMARTS) is 1. The molecule has 0 radical (unpaired) electrons. The summed E-state index contributed by atoms with van der Waals surface area (Å²) in [6, 6.07) is -6.01. The number of ether oxygens (including phenoxy) is 2. The molecule has 48 heavy (non-hydrogen) atoms. The molecule has 0 bridgehead atoms. The van der Waals surface area contributed by atoms with Crippen molar-refractivity contribution in [3.8, 4) is 0 Å². The van der Waals surface area contributed by atoms with Gasteiger partial charge in [-0.1, -0.05) is 34.1 Å². The summed E-state index contributed by atoms with van der Waals surface area (Å²) in [6.45, 7) is 12.7. The van der Waals surface area contributed by atoms with E-state index >= 15 is 0 Å². The SMILES string of the molecule is CC[C@H](C)[C@H](NC(=O)[C@@H](CCCNC(=N)N)NC(=O)[C@H](CC(C)C)NC(=O)OC(C)(C)C)C(=O)N[C@H](C(=O)O)[C@H](C)OC(=O)C(F)(F)F. The minimum absolute atomic E-state index is 0.0459. The number of hydrogen-bond acceptors (Lipinski definition) is 9. The van der Waals surface area contributed by atoms with Crippen LogP contribution in [0.5, 0.6) is 0 Å². The quantitative estimate of drug-likeness (QED) is 0.0438. The number of halogens is 3. The van der Waals surface area contributed by atoms with Crippen LogP contribution in [0, 0.1) is 17.2 Å². The van der Waals surface area contributed by atoms with Crippen molar-refractivity contribution >= 4 is 41.7 Å². The zero-order valence-corrected chi connectivity index (χ0v) is 28.5. The van der Waals surface area contributed by atoms with Gasteiger partial charge in [-0.2, -0.15) is 13.2 Å². The standard InChI is InChI=1S/C29H50F3N7O9/c1-9-15(4)19(23(42)39-20(24(43)44)16(5)47-25(45)29(30,31)32)38-21(40)17(11-10-12-35-26(33)34)36-22(41)18(13-14(2)3)37-27(46)48-28(6,7)8/h14-20H,9-13H2,1-8H3,(H,36,41)(H,37,46)(H,38,40)(H,39,42)(H,43,44)(H4,33,34,35)/t15-,16-,17+,18-,19-,20-/m0/s1. The molecule has 0 unspecified atom stereocenters. The van der Waals surface area contributed by atoms with E-state index in [0.29, 0.717) is 0 Å². The van der Waals surface area contributed by atoms with E-state index in [2.05, 4.69) is 26.0 Å². The van der Waals surface area contributed by atoms with Crippen LogP contribution < -0.4 is 32.3 Å². The van der Waals surface area contributed by atoms with Gasteiger partial charge in [0, 0.05) is 6.54 Å². The van der Waals surface area contributed by atoms with Gasteiger partial charge in [-0.3, -0.25) is 19.8 Å². The number of carbonyl (C=O) groups is 6. The van der Waals surface area contributed by atoms with E-state index in [1.807, 2.05) is 5.32 Å². The van der Waals surface area contributed by atoms with Crippen LogP contribution in [0.15, 0.2) is 0 Å². The van der Waals surface area contributed by atoms with Crippen molar-refractivity contribution < 1.29 is 56.5 Å². The number of nitrogens with one attached hydrogen (secondary N) is 6. The topological polar surface area (TPSA) is 251 Å². The molecule has 0 aliphatic rings. The minimum Gasteiger partial charge on any atom is -0.480 e. The Kier molecular flexibility index (Phi) is 17.7. The Balaban J connectivity index is 6.20.